The molecule has 0 aliphatic rings. The predicted octanol–water partition coefficient (Wildman–Crippen LogP) is 8.70. The third-order valence-corrected chi connectivity index (χ3v) is 23.3. The van der Waals surface area contributed by atoms with Crippen molar-refractivity contribution in [2.24, 2.45) is 0 Å². The van der Waals surface area contributed by atoms with E-state index in [1.54, 1.807) is 0 Å². The minimum atomic E-state index is -4.06. The van der Waals surface area contributed by atoms with Gasteiger partial charge in [-0.15, -0.1) is 0 Å². The quantitative estimate of drug-likeness (QED) is 0.0669. The van der Waals surface area contributed by atoms with Gasteiger partial charge in [0.05, 0.1) is 0 Å². The van der Waals surface area contributed by atoms with E-state index in [-0.39, 0.29) is 11.2 Å². The molecule has 7 aromatic carbocycles. The fourth-order valence-corrected chi connectivity index (χ4v) is 19.7. The summed E-state index contributed by atoms with van der Waals surface area (Å²) in [5, 5.41) is 6.03. The molecule has 0 heterocycles. The summed E-state index contributed by atoms with van der Waals surface area (Å²) >= 11 is 15.1. The molecule has 0 radical (unpaired) electrons. The van der Waals surface area contributed by atoms with Gasteiger partial charge in [-0.3, -0.25) is 0 Å². The van der Waals surface area contributed by atoms with E-state index < -0.39 is 20.8 Å². The zero-order valence-corrected chi connectivity index (χ0v) is 31.5. The van der Waals surface area contributed by atoms with Crippen LogP contribution in [0.3, 0.4) is 0 Å². The third kappa shape index (κ3) is 5.78. The van der Waals surface area contributed by atoms with Crippen molar-refractivity contribution in [1.82, 2.24) is 0 Å². The first-order chi connectivity index (χ1) is 25.1. The fraction of sp³-hybridized carbons (Fsp3) is 0.0455. The van der Waals surface area contributed by atoms with Gasteiger partial charge in [0, 0.05) is 0 Å². The first kappa shape index (κ1) is 35.4. The second-order valence-electron chi connectivity index (χ2n) is 12.6. The topological polar surface area (TPSA) is 18.5 Å². The molecule has 254 valence electrons. The normalized spacial score (nSPS) is 13.3. The molecule has 0 N–H and O–H groups in total. The van der Waals surface area contributed by atoms with E-state index in [1.165, 1.54) is 0 Å². The van der Waals surface area contributed by atoms with E-state index in [0.717, 1.165) is 37.3 Å². The summed E-state index contributed by atoms with van der Waals surface area (Å²) in [6.07, 6.45) is 0. The van der Waals surface area contributed by atoms with Gasteiger partial charge in [0.1, 0.15) is 0 Å². The van der Waals surface area contributed by atoms with Gasteiger partial charge in [-0.1, -0.05) is 0 Å². The second kappa shape index (κ2) is 14.9. The van der Waals surface area contributed by atoms with Gasteiger partial charge in [0.2, 0.25) is 0 Å². The van der Waals surface area contributed by atoms with Crippen LogP contribution in [-0.4, -0.2) is 18.4 Å². The molecule has 7 rings (SSSR count). The first-order valence-electron chi connectivity index (χ1n) is 17.0. The van der Waals surface area contributed by atoms with Crippen LogP contribution >= 0.6 is 36.9 Å². The van der Waals surface area contributed by atoms with Crippen molar-refractivity contribution in [3.63, 3.8) is 0 Å². The molecule has 0 saturated heterocycles. The van der Waals surface area contributed by atoms with Gasteiger partial charge >= 0.3 is 314 Å². The number of benzene rings is 7. The minimum absolute atomic E-state index is 0.176. The van der Waals surface area contributed by atoms with Gasteiger partial charge in [-0.2, -0.15) is 0 Å². The Bertz CT molecular complexity index is 1810. The summed E-state index contributed by atoms with van der Waals surface area (Å²) in [5.74, 6) is 0. The number of rotatable bonds is 13. The molecular formula is C44H39BCl2O2P2. The van der Waals surface area contributed by atoms with Crippen LogP contribution in [0.4, 0.5) is 0 Å². The van der Waals surface area contributed by atoms with E-state index in [0.29, 0.717) is 0 Å². The van der Waals surface area contributed by atoms with Gasteiger partial charge < -0.3 is 0 Å². The van der Waals surface area contributed by atoms with E-state index >= 15 is 0 Å². The van der Waals surface area contributed by atoms with Crippen molar-refractivity contribution < 1.29 is 8.88 Å². The Morgan fingerprint density at radius 2 is 0.510 bits per heavy atom. The average molecular weight is 743 g/mol. The van der Waals surface area contributed by atoms with Crippen LogP contribution in [0.1, 0.15) is 0 Å². The summed E-state index contributed by atoms with van der Waals surface area (Å²) in [4.78, 5) is 0. The Kier molecular flexibility index (Phi) is 10.3. The summed E-state index contributed by atoms with van der Waals surface area (Å²) in [5.41, 5.74) is 1.21. The summed E-state index contributed by atoms with van der Waals surface area (Å²) < 4.78 is 16.2. The molecule has 0 aromatic heterocycles. The SMILES string of the molecule is ClCP(OB(OP(CCl)(c1ccccc1)(c1ccccc1)c1ccccc1)c1ccccc1)(c1ccccc1)(c1ccccc1)c1ccccc1. The summed E-state index contributed by atoms with van der Waals surface area (Å²) in [6, 6.07) is 73.0. The molecule has 0 aliphatic carbocycles. The van der Waals surface area contributed by atoms with Crippen molar-refractivity contribution >= 4 is 81.3 Å². The molecule has 0 saturated carbocycles. The maximum absolute atomic E-state index is 8.12. The molecule has 0 aliphatic heterocycles. The molecule has 0 amide bonds. The van der Waals surface area contributed by atoms with E-state index in [9.17, 15) is 0 Å². The maximum atomic E-state index is 8.12. The van der Waals surface area contributed by atoms with Crippen LogP contribution in [-0.2, 0) is 8.88 Å². The monoisotopic (exact) mass is 742 g/mol. The molecule has 7 heteroatoms. The summed E-state index contributed by atoms with van der Waals surface area (Å²) in [7, 11) is -0.930. The zero-order chi connectivity index (χ0) is 35.1. The molecule has 0 atom stereocenters. The molecular weight excluding hydrogens is 704 g/mol. The molecule has 0 spiro atoms. The van der Waals surface area contributed by atoms with Gasteiger partial charge in [0.15, 0.2) is 0 Å². The Labute approximate surface area is 312 Å². The number of hydrogen-bond acceptors (Lipinski definition) is 2. The van der Waals surface area contributed by atoms with Gasteiger partial charge in [-0.25, -0.2) is 0 Å². The number of alkyl halides is 2. The third-order valence-electron chi connectivity index (χ3n) is 10.00. The van der Waals surface area contributed by atoms with E-state index in [2.05, 4.69) is 158 Å². The zero-order valence-electron chi connectivity index (χ0n) is 28.2. The molecule has 51 heavy (non-hydrogen) atoms. The van der Waals surface area contributed by atoms with Crippen LogP contribution in [0.5, 0.6) is 0 Å². The van der Waals surface area contributed by atoms with Crippen molar-refractivity contribution in [2.75, 3.05) is 11.2 Å². The van der Waals surface area contributed by atoms with Crippen LogP contribution in [0.25, 0.3) is 0 Å². The number of hydrogen-bond donors (Lipinski definition) is 0. The van der Waals surface area contributed by atoms with E-state index in [1.807, 2.05) is 54.6 Å². The Balaban J connectivity index is 1.62. The molecule has 0 unspecified atom stereocenters. The van der Waals surface area contributed by atoms with Crippen molar-refractivity contribution in [2.45, 2.75) is 0 Å². The van der Waals surface area contributed by atoms with Crippen molar-refractivity contribution in [3.05, 3.63) is 212 Å². The van der Waals surface area contributed by atoms with E-state index in [4.69, 9.17) is 32.1 Å². The standard InChI is InChI=1S/C44H39BCl2O2P2/c46-36-50(39-24-10-2-11-25-39,40-26-12-3-13-27-40,41-28-14-4-15-29-41)48-45(38-22-8-1-9-23-38)49-51(37-47,42-30-16-5-17-31-42,43-32-18-6-19-33-43)44-34-20-7-21-35-44/h1-35H,36-37H2. The van der Waals surface area contributed by atoms with Crippen LogP contribution in [0.2, 0.25) is 0 Å². The van der Waals surface area contributed by atoms with Gasteiger partial charge in [-0.05, 0) is 0 Å². The Morgan fingerprint density at radius 3 is 0.706 bits per heavy atom. The number of halogens is 2. The summed E-state index contributed by atoms with van der Waals surface area (Å²) in [6.45, 7) is -8.13. The predicted molar refractivity (Wildman–Crippen MR) is 226 cm³/mol. The van der Waals surface area contributed by atoms with Crippen LogP contribution in [0, 0.1) is 0 Å². The van der Waals surface area contributed by atoms with Crippen LogP contribution < -0.4 is 37.3 Å². The molecule has 7 aromatic rings. The van der Waals surface area contributed by atoms with Crippen molar-refractivity contribution in [3.8, 4) is 0 Å². The second-order valence-corrected chi connectivity index (χ2v) is 22.9. The van der Waals surface area contributed by atoms with Crippen molar-refractivity contribution in [1.29, 1.82) is 0 Å². The average Bonchev–Trinajstić information content (AvgIpc) is 3.24. The van der Waals surface area contributed by atoms with Gasteiger partial charge in [0.25, 0.3) is 0 Å². The van der Waals surface area contributed by atoms with Crippen LogP contribution in [0.15, 0.2) is 212 Å². The molecule has 0 bridgehead atoms. The first-order valence-corrected chi connectivity index (χ1v) is 22.8. The fourth-order valence-electron chi connectivity index (χ4n) is 7.36. The molecule has 0 fully saturated rings. The Morgan fingerprint density at radius 1 is 0.314 bits per heavy atom. The molecule has 2 nitrogen and oxygen atoms in total. The Hall–Kier alpha value is -4.04.